The molecule has 0 aliphatic heterocycles. The first-order valence-corrected chi connectivity index (χ1v) is 7.50. The number of carbonyl (C=O) groups excluding carboxylic acids is 1. The van der Waals surface area contributed by atoms with Crippen molar-refractivity contribution in [2.45, 2.75) is 13.0 Å². The zero-order valence-corrected chi connectivity index (χ0v) is 14.0. The fourth-order valence-corrected chi connectivity index (χ4v) is 2.69. The third kappa shape index (κ3) is 4.97. The lowest BCUT2D eigenvalue weighted by Crippen LogP contribution is -2.26. The number of benzene rings is 1. The van der Waals surface area contributed by atoms with E-state index in [1.807, 2.05) is 24.3 Å². The molecule has 21 heavy (non-hydrogen) atoms. The van der Waals surface area contributed by atoms with Crippen molar-refractivity contribution in [3.05, 3.63) is 50.9 Å². The molecule has 1 aromatic heterocycles. The molecule has 7 heteroatoms. The van der Waals surface area contributed by atoms with E-state index in [-0.39, 0.29) is 18.3 Å². The summed E-state index contributed by atoms with van der Waals surface area (Å²) in [6.45, 7) is 1.07. The molecule has 1 amide bonds. The Balaban J connectivity index is 0.00000220. The van der Waals surface area contributed by atoms with E-state index >= 15 is 0 Å². The van der Waals surface area contributed by atoms with Crippen molar-refractivity contribution in [1.82, 2.24) is 9.88 Å². The van der Waals surface area contributed by atoms with Crippen LogP contribution in [-0.2, 0) is 13.0 Å². The van der Waals surface area contributed by atoms with E-state index in [4.69, 9.17) is 17.3 Å². The molecule has 0 saturated carbocycles. The molecule has 4 nitrogen and oxygen atoms in total. The Bertz CT molecular complexity index is 586. The molecule has 2 N–H and O–H groups in total. The highest BCUT2D eigenvalue weighted by Gasteiger charge is 2.15. The number of hydrogen-bond acceptors (Lipinski definition) is 4. The van der Waals surface area contributed by atoms with Crippen LogP contribution in [0.2, 0.25) is 5.02 Å². The van der Waals surface area contributed by atoms with Gasteiger partial charge in [0.2, 0.25) is 0 Å². The van der Waals surface area contributed by atoms with Crippen molar-refractivity contribution in [2.24, 2.45) is 5.73 Å². The number of hydrogen-bond donors (Lipinski definition) is 1. The number of thiazole rings is 1. The minimum Gasteiger partial charge on any atom is -0.336 e. The standard InChI is InChI=1S/C14H16ClN3OS.ClH/c1-18(8-10-2-4-11(15)5-3-10)14(19)12-9-20-13(17-12)6-7-16;/h2-5,9H,6-8,16H2,1H3;1H. The lowest BCUT2D eigenvalue weighted by molar-refractivity contribution is 0.0780. The summed E-state index contributed by atoms with van der Waals surface area (Å²) in [4.78, 5) is 18.2. The smallest absolute Gasteiger partial charge is 0.273 e. The van der Waals surface area contributed by atoms with Crippen LogP contribution >= 0.6 is 35.3 Å². The predicted molar refractivity (Wildman–Crippen MR) is 89.4 cm³/mol. The van der Waals surface area contributed by atoms with Crippen molar-refractivity contribution in [3.63, 3.8) is 0 Å². The lowest BCUT2D eigenvalue weighted by Gasteiger charge is -2.16. The van der Waals surface area contributed by atoms with E-state index < -0.39 is 0 Å². The Morgan fingerprint density at radius 1 is 1.38 bits per heavy atom. The van der Waals surface area contributed by atoms with E-state index in [9.17, 15) is 4.79 Å². The van der Waals surface area contributed by atoms with Gasteiger partial charge in [-0.1, -0.05) is 23.7 Å². The van der Waals surface area contributed by atoms with Crippen LogP contribution in [0, 0.1) is 0 Å². The molecule has 0 radical (unpaired) electrons. The molecule has 1 aromatic carbocycles. The van der Waals surface area contributed by atoms with Crippen molar-refractivity contribution in [2.75, 3.05) is 13.6 Å². The number of carbonyl (C=O) groups is 1. The largest absolute Gasteiger partial charge is 0.336 e. The lowest BCUT2D eigenvalue weighted by atomic mass is 10.2. The van der Waals surface area contributed by atoms with Crippen LogP contribution < -0.4 is 5.73 Å². The van der Waals surface area contributed by atoms with Crippen LogP contribution in [0.1, 0.15) is 21.1 Å². The third-order valence-electron chi connectivity index (χ3n) is 2.81. The Labute approximate surface area is 139 Å². The normalized spacial score (nSPS) is 10.0. The maximum atomic E-state index is 12.2. The van der Waals surface area contributed by atoms with Crippen molar-refractivity contribution in [1.29, 1.82) is 0 Å². The van der Waals surface area contributed by atoms with Gasteiger partial charge in [-0.3, -0.25) is 4.79 Å². The van der Waals surface area contributed by atoms with Gasteiger partial charge in [0.25, 0.3) is 5.91 Å². The predicted octanol–water partition coefficient (Wildman–Crippen LogP) is 2.99. The van der Waals surface area contributed by atoms with Gasteiger partial charge in [-0.15, -0.1) is 23.7 Å². The summed E-state index contributed by atoms with van der Waals surface area (Å²) in [5, 5.41) is 3.37. The number of nitrogens with two attached hydrogens (primary N) is 1. The highest BCUT2D eigenvalue weighted by molar-refractivity contribution is 7.09. The molecular formula is C14H17Cl2N3OS. The first kappa shape index (κ1) is 17.9. The molecule has 0 atom stereocenters. The minimum absolute atomic E-state index is 0. The zero-order chi connectivity index (χ0) is 14.5. The number of amides is 1. The quantitative estimate of drug-likeness (QED) is 0.905. The topological polar surface area (TPSA) is 59.2 Å². The van der Waals surface area contributed by atoms with E-state index in [0.29, 0.717) is 30.2 Å². The highest BCUT2D eigenvalue weighted by atomic mass is 35.5. The van der Waals surface area contributed by atoms with Gasteiger partial charge >= 0.3 is 0 Å². The molecule has 2 aromatic rings. The maximum absolute atomic E-state index is 12.2. The molecule has 0 aliphatic carbocycles. The molecule has 0 aliphatic rings. The second-order valence-corrected chi connectivity index (χ2v) is 5.83. The Morgan fingerprint density at radius 2 is 2.05 bits per heavy atom. The van der Waals surface area contributed by atoms with Crippen molar-refractivity contribution >= 4 is 41.3 Å². The Hall–Kier alpha value is -1.14. The summed E-state index contributed by atoms with van der Waals surface area (Å²) in [5.74, 6) is -0.0838. The molecular weight excluding hydrogens is 329 g/mol. The van der Waals surface area contributed by atoms with Gasteiger partial charge in [0.1, 0.15) is 5.69 Å². The van der Waals surface area contributed by atoms with Gasteiger partial charge in [-0.2, -0.15) is 0 Å². The SMILES string of the molecule is CN(Cc1ccc(Cl)cc1)C(=O)c1csc(CCN)n1.Cl. The summed E-state index contributed by atoms with van der Waals surface area (Å²) in [6, 6.07) is 7.45. The Morgan fingerprint density at radius 3 is 2.67 bits per heavy atom. The van der Waals surface area contributed by atoms with Crippen LogP contribution in [0.15, 0.2) is 29.6 Å². The third-order valence-corrected chi connectivity index (χ3v) is 3.97. The molecule has 1 heterocycles. The van der Waals surface area contributed by atoms with Crippen LogP contribution in [0.4, 0.5) is 0 Å². The molecule has 114 valence electrons. The first-order valence-electron chi connectivity index (χ1n) is 6.24. The summed E-state index contributed by atoms with van der Waals surface area (Å²) in [7, 11) is 1.76. The second-order valence-electron chi connectivity index (χ2n) is 4.45. The molecule has 0 saturated heterocycles. The van der Waals surface area contributed by atoms with Crippen LogP contribution in [0.5, 0.6) is 0 Å². The van der Waals surface area contributed by atoms with Crippen molar-refractivity contribution < 1.29 is 4.79 Å². The summed E-state index contributed by atoms with van der Waals surface area (Å²) in [5.41, 5.74) is 6.99. The van der Waals surface area contributed by atoms with E-state index in [1.165, 1.54) is 11.3 Å². The number of rotatable bonds is 5. The summed E-state index contributed by atoms with van der Waals surface area (Å²) >= 11 is 7.31. The summed E-state index contributed by atoms with van der Waals surface area (Å²) < 4.78 is 0. The van der Waals surface area contributed by atoms with E-state index in [2.05, 4.69) is 4.98 Å². The molecule has 0 spiro atoms. The van der Waals surface area contributed by atoms with Crippen LogP contribution in [-0.4, -0.2) is 29.4 Å². The van der Waals surface area contributed by atoms with Gasteiger partial charge in [-0.05, 0) is 24.2 Å². The van der Waals surface area contributed by atoms with Gasteiger partial charge in [0.15, 0.2) is 0 Å². The fraction of sp³-hybridized carbons (Fsp3) is 0.286. The van der Waals surface area contributed by atoms with Gasteiger partial charge in [0, 0.05) is 30.4 Å². The first-order chi connectivity index (χ1) is 9.60. The minimum atomic E-state index is -0.0838. The molecule has 0 bridgehead atoms. The number of aromatic nitrogens is 1. The second kappa shape index (κ2) is 8.34. The van der Waals surface area contributed by atoms with Gasteiger partial charge < -0.3 is 10.6 Å². The van der Waals surface area contributed by atoms with Crippen LogP contribution in [0.25, 0.3) is 0 Å². The molecule has 2 rings (SSSR count). The zero-order valence-electron chi connectivity index (χ0n) is 11.6. The van der Waals surface area contributed by atoms with Crippen molar-refractivity contribution in [3.8, 4) is 0 Å². The Kier molecular flexibility index (Phi) is 7.11. The molecule has 0 fully saturated rings. The van der Waals surface area contributed by atoms with E-state index in [0.717, 1.165) is 10.6 Å². The average molecular weight is 346 g/mol. The average Bonchev–Trinajstić information content (AvgIpc) is 2.89. The van der Waals surface area contributed by atoms with E-state index in [1.54, 1.807) is 17.3 Å². The highest BCUT2D eigenvalue weighted by Crippen LogP contribution is 2.14. The number of nitrogens with zero attached hydrogens (tertiary/aromatic N) is 2. The van der Waals surface area contributed by atoms with Crippen LogP contribution in [0.3, 0.4) is 0 Å². The maximum Gasteiger partial charge on any atom is 0.273 e. The van der Waals surface area contributed by atoms with Gasteiger partial charge in [-0.25, -0.2) is 4.98 Å². The fourth-order valence-electron chi connectivity index (χ4n) is 1.78. The van der Waals surface area contributed by atoms with Gasteiger partial charge in [0.05, 0.1) is 5.01 Å². The number of halogens is 2. The molecule has 0 unspecified atom stereocenters. The summed E-state index contributed by atoms with van der Waals surface area (Å²) in [6.07, 6.45) is 0.707. The monoisotopic (exact) mass is 345 g/mol.